The maximum absolute atomic E-state index is 13.4. The van der Waals surface area contributed by atoms with Gasteiger partial charge in [0.05, 0.1) is 13.6 Å². The lowest BCUT2D eigenvalue weighted by Gasteiger charge is -2.41. The van der Waals surface area contributed by atoms with Crippen LogP contribution in [-0.4, -0.2) is 59.4 Å². The molecule has 1 aliphatic heterocycles. The zero-order valence-electron chi connectivity index (χ0n) is 19.5. The monoisotopic (exact) mass is 456 g/mol. The summed E-state index contributed by atoms with van der Waals surface area (Å²) in [6.07, 6.45) is 4.82. The minimum Gasteiger partial charge on any atom is -0.454 e. The number of aromatic nitrogens is 1. The van der Waals surface area contributed by atoms with Crippen molar-refractivity contribution in [3.63, 3.8) is 0 Å². The second kappa shape index (κ2) is 9.65. The van der Waals surface area contributed by atoms with E-state index in [4.69, 9.17) is 9.26 Å². The Kier molecular flexibility index (Phi) is 6.86. The summed E-state index contributed by atoms with van der Waals surface area (Å²) in [6.45, 7) is 3.34. The number of piperidine rings is 1. The summed E-state index contributed by atoms with van der Waals surface area (Å²) in [5, 5.41) is 18.2. The number of esters is 1. The summed E-state index contributed by atoms with van der Waals surface area (Å²) in [7, 11) is 1.99. The smallest absolute Gasteiger partial charge is 0.343 e. The number of anilines is 1. The van der Waals surface area contributed by atoms with Crippen LogP contribution >= 0.6 is 0 Å². The van der Waals surface area contributed by atoms with Crippen molar-refractivity contribution in [3.05, 3.63) is 47.7 Å². The molecule has 2 heterocycles. The molecule has 0 radical (unpaired) electrons. The van der Waals surface area contributed by atoms with E-state index >= 15 is 0 Å². The Morgan fingerprint density at radius 2 is 1.94 bits per heavy atom. The molecule has 4 rings (SSSR count). The van der Waals surface area contributed by atoms with E-state index in [0.29, 0.717) is 28.2 Å². The van der Waals surface area contributed by atoms with Crippen LogP contribution in [0.3, 0.4) is 0 Å². The van der Waals surface area contributed by atoms with Crippen molar-refractivity contribution in [3.8, 4) is 0 Å². The van der Waals surface area contributed by atoms with Crippen LogP contribution in [0.1, 0.15) is 49.8 Å². The van der Waals surface area contributed by atoms with Crippen molar-refractivity contribution in [1.82, 2.24) is 5.16 Å². The molecule has 8 nitrogen and oxygen atoms in total. The molecule has 3 atom stereocenters. The fraction of sp³-hybridized carbons (Fsp3) is 0.560. The van der Waals surface area contributed by atoms with Gasteiger partial charge in [-0.1, -0.05) is 48.3 Å². The average molecular weight is 457 g/mol. The van der Waals surface area contributed by atoms with Gasteiger partial charge in [-0.15, -0.1) is 0 Å². The number of hydrogen-bond acceptors (Lipinski definition) is 6. The third-order valence-corrected chi connectivity index (χ3v) is 7.03. The molecule has 2 N–H and O–H groups in total. The van der Waals surface area contributed by atoms with Crippen LogP contribution in [0.5, 0.6) is 0 Å². The largest absolute Gasteiger partial charge is 0.454 e. The standard InChI is InChI=1S/C25H33N3O5/c1-18-15-22(27-33-18)26-23(29)17-28(2)14-8-13-21(16-28)32-24(30)25(31,20-11-6-7-12-20)19-9-4-3-5-10-19/h3-5,9-10,15,20-21,31H,6-8,11-14,16-17H2,1-2H3/p+1/t21?,25-,28?/m0/s1. The Balaban J connectivity index is 1.43. The minimum atomic E-state index is -1.64. The van der Waals surface area contributed by atoms with Gasteiger partial charge in [-0.3, -0.25) is 4.79 Å². The van der Waals surface area contributed by atoms with E-state index in [1.807, 2.05) is 25.2 Å². The molecule has 2 fully saturated rings. The molecule has 2 aromatic rings. The highest BCUT2D eigenvalue weighted by atomic mass is 16.6. The fourth-order valence-corrected chi connectivity index (χ4v) is 5.37. The van der Waals surface area contributed by atoms with Gasteiger partial charge in [0.25, 0.3) is 5.91 Å². The first kappa shape index (κ1) is 23.4. The number of likely N-dealkylation sites (tertiary alicyclic amines) is 1. The number of rotatable bonds is 7. The van der Waals surface area contributed by atoms with Crippen LogP contribution in [0.2, 0.25) is 0 Å². The van der Waals surface area contributed by atoms with Crippen LogP contribution in [-0.2, 0) is 19.9 Å². The summed E-state index contributed by atoms with van der Waals surface area (Å²) in [6, 6.07) is 10.8. The Hall–Kier alpha value is -2.71. The van der Waals surface area contributed by atoms with Crippen molar-refractivity contribution in [1.29, 1.82) is 0 Å². The predicted octanol–water partition coefficient (Wildman–Crippen LogP) is 3.15. The van der Waals surface area contributed by atoms with Gasteiger partial charge in [0.2, 0.25) is 0 Å². The first-order valence-electron chi connectivity index (χ1n) is 11.8. The zero-order valence-corrected chi connectivity index (χ0v) is 19.5. The van der Waals surface area contributed by atoms with Gasteiger partial charge in [0, 0.05) is 18.4 Å². The summed E-state index contributed by atoms with van der Waals surface area (Å²) in [5.41, 5.74) is -1.04. The number of ether oxygens (including phenoxy) is 1. The number of carbonyl (C=O) groups is 2. The van der Waals surface area contributed by atoms with E-state index in [1.54, 1.807) is 25.1 Å². The minimum absolute atomic E-state index is 0.145. The zero-order chi connectivity index (χ0) is 23.5. The SMILES string of the molecule is Cc1cc(NC(=O)C[N+]2(C)CCCC(OC(=O)[C@](O)(c3ccccc3)C3CCCC3)C2)no1. The lowest BCUT2D eigenvalue weighted by Crippen LogP contribution is -2.57. The molecular weight excluding hydrogens is 422 g/mol. The summed E-state index contributed by atoms with van der Waals surface area (Å²) in [5.74, 6) is 0.150. The van der Waals surface area contributed by atoms with Gasteiger partial charge in [0.1, 0.15) is 12.3 Å². The number of carbonyl (C=O) groups excluding carboxylic acids is 2. The molecule has 0 bridgehead atoms. The molecule has 1 amide bonds. The third kappa shape index (κ3) is 5.28. The number of quaternary nitrogens is 1. The fourth-order valence-electron chi connectivity index (χ4n) is 5.37. The Bertz CT molecular complexity index is 971. The Morgan fingerprint density at radius 3 is 2.61 bits per heavy atom. The average Bonchev–Trinajstić information content (AvgIpc) is 3.45. The van der Waals surface area contributed by atoms with Crippen LogP contribution in [0.25, 0.3) is 0 Å². The highest BCUT2D eigenvalue weighted by Crippen LogP contribution is 2.42. The number of aryl methyl sites for hydroxylation is 1. The van der Waals surface area contributed by atoms with Gasteiger partial charge in [0.15, 0.2) is 24.1 Å². The molecule has 1 saturated heterocycles. The maximum Gasteiger partial charge on any atom is 0.343 e. The molecule has 0 spiro atoms. The van der Waals surface area contributed by atoms with Gasteiger partial charge in [-0.25, -0.2) is 4.79 Å². The number of likely N-dealkylation sites (N-methyl/N-ethyl adjacent to an activating group) is 1. The molecule has 1 aliphatic carbocycles. The van der Waals surface area contributed by atoms with Gasteiger partial charge >= 0.3 is 5.97 Å². The van der Waals surface area contributed by atoms with Crippen molar-refractivity contribution < 1.29 is 28.4 Å². The summed E-state index contributed by atoms with van der Waals surface area (Å²) >= 11 is 0. The molecule has 1 aromatic carbocycles. The molecule has 2 unspecified atom stereocenters. The number of nitrogens with one attached hydrogen (secondary N) is 1. The van der Waals surface area contributed by atoms with Gasteiger partial charge < -0.3 is 24.2 Å². The summed E-state index contributed by atoms with van der Waals surface area (Å²) < 4.78 is 11.4. The van der Waals surface area contributed by atoms with E-state index in [0.717, 1.165) is 45.1 Å². The Morgan fingerprint density at radius 1 is 1.21 bits per heavy atom. The molecular formula is C25H34N3O5+. The number of hydrogen-bond donors (Lipinski definition) is 2. The molecule has 2 aliphatic rings. The number of nitrogens with zero attached hydrogens (tertiary/aromatic N) is 2. The first-order valence-corrected chi connectivity index (χ1v) is 11.8. The van der Waals surface area contributed by atoms with Crippen LogP contribution in [0, 0.1) is 12.8 Å². The normalized spacial score (nSPS) is 25.4. The quantitative estimate of drug-likeness (QED) is 0.490. The molecule has 1 saturated carbocycles. The highest BCUT2D eigenvalue weighted by molar-refractivity contribution is 5.90. The number of benzene rings is 1. The maximum atomic E-state index is 13.4. The van der Waals surface area contributed by atoms with Gasteiger partial charge in [-0.05, 0) is 31.7 Å². The van der Waals surface area contributed by atoms with Crippen LogP contribution < -0.4 is 5.32 Å². The lowest BCUT2D eigenvalue weighted by atomic mass is 9.80. The van der Waals surface area contributed by atoms with Crippen molar-refractivity contribution in [2.24, 2.45) is 5.92 Å². The predicted molar refractivity (Wildman–Crippen MR) is 122 cm³/mol. The number of aliphatic hydroxyl groups is 1. The third-order valence-electron chi connectivity index (χ3n) is 7.03. The van der Waals surface area contributed by atoms with Crippen LogP contribution in [0.15, 0.2) is 40.9 Å². The number of amides is 1. The van der Waals surface area contributed by atoms with Crippen molar-refractivity contribution in [2.75, 3.05) is 32.0 Å². The molecule has 33 heavy (non-hydrogen) atoms. The van der Waals surface area contributed by atoms with Crippen molar-refractivity contribution >= 4 is 17.7 Å². The van der Waals surface area contributed by atoms with E-state index in [9.17, 15) is 14.7 Å². The van der Waals surface area contributed by atoms with Crippen LogP contribution in [0.4, 0.5) is 5.82 Å². The molecule has 1 aromatic heterocycles. The lowest BCUT2D eigenvalue weighted by molar-refractivity contribution is -0.909. The van der Waals surface area contributed by atoms with Gasteiger partial charge in [-0.2, -0.15) is 0 Å². The first-order chi connectivity index (χ1) is 15.8. The van der Waals surface area contributed by atoms with E-state index in [-0.39, 0.29) is 24.5 Å². The summed E-state index contributed by atoms with van der Waals surface area (Å²) in [4.78, 5) is 26.0. The molecule has 8 heteroatoms. The van der Waals surface area contributed by atoms with Crippen molar-refractivity contribution in [2.45, 2.75) is 57.2 Å². The van der Waals surface area contributed by atoms with E-state index in [1.165, 1.54) is 0 Å². The van der Waals surface area contributed by atoms with E-state index in [2.05, 4.69) is 10.5 Å². The topological polar surface area (TPSA) is 102 Å². The second-order valence-electron chi connectivity index (χ2n) is 9.84. The Labute approximate surface area is 194 Å². The second-order valence-corrected chi connectivity index (χ2v) is 9.84. The molecule has 178 valence electrons. The highest BCUT2D eigenvalue weighted by Gasteiger charge is 2.49. The van der Waals surface area contributed by atoms with E-state index < -0.39 is 11.6 Å².